The SMILES string of the molecule is CN1CCN(c2ccnc(-c3nccs3)n2)CC1CO. The predicted molar refractivity (Wildman–Crippen MR) is 78.9 cm³/mol. The minimum absolute atomic E-state index is 0.155. The first kappa shape index (κ1) is 13.4. The van der Waals surface area contributed by atoms with Crippen LogP contribution in [0.2, 0.25) is 0 Å². The van der Waals surface area contributed by atoms with Gasteiger partial charge in [-0.2, -0.15) is 0 Å². The Balaban J connectivity index is 1.82. The minimum Gasteiger partial charge on any atom is -0.395 e. The number of aliphatic hydroxyl groups excluding tert-OH is 1. The van der Waals surface area contributed by atoms with Crippen LogP contribution in [-0.4, -0.2) is 64.3 Å². The van der Waals surface area contributed by atoms with Gasteiger partial charge in [-0.25, -0.2) is 15.0 Å². The minimum atomic E-state index is 0.155. The zero-order valence-electron chi connectivity index (χ0n) is 11.3. The third-order valence-corrected chi connectivity index (χ3v) is 4.35. The number of rotatable bonds is 3. The molecule has 1 unspecified atom stereocenters. The zero-order valence-corrected chi connectivity index (χ0v) is 12.1. The number of likely N-dealkylation sites (N-methyl/N-ethyl adjacent to an activating group) is 1. The summed E-state index contributed by atoms with van der Waals surface area (Å²) in [6, 6.07) is 2.07. The van der Waals surface area contributed by atoms with Gasteiger partial charge >= 0.3 is 0 Å². The Hall–Kier alpha value is -1.57. The van der Waals surface area contributed by atoms with Crippen LogP contribution in [-0.2, 0) is 0 Å². The second-order valence-corrected chi connectivity index (χ2v) is 5.73. The van der Waals surface area contributed by atoms with Crippen molar-refractivity contribution in [1.29, 1.82) is 0 Å². The lowest BCUT2D eigenvalue weighted by Crippen LogP contribution is -2.53. The molecule has 0 radical (unpaired) electrons. The molecule has 0 aliphatic carbocycles. The van der Waals surface area contributed by atoms with Crippen LogP contribution in [0.5, 0.6) is 0 Å². The van der Waals surface area contributed by atoms with Crippen molar-refractivity contribution in [1.82, 2.24) is 19.9 Å². The van der Waals surface area contributed by atoms with Gasteiger partial charge in [-0.3, -0.25) is 4.90 Å². The molecule has 1 atom stereocenters. The van der Waals surface area contributed by atoms with Gasteiger partial charge in [0.15, 0.2) is 10.8 Å². The molecular formula is C13H17N5OS. The highest BCUT2D eigenvalue weighted by atomic mass is 32.1. The van der Waals surface area contributed by atoms with E-state index in [9.17, 15) is 5.11 Å². The molecule has 3 rings (SSSR count). The maximum absolute atomic E-state index is 9.42. The van der Waals surface area contributed by atoms with Crippen molar-refractivity contribution in [3.05, 3.63) is 23.8 Å². The Bertz CT molecular complexity index is 562. The van der Waals surface area contributed by atoms with Crippen molar-refractivity contribution in [2.24, 2.45) is 0 Å². The molecule has 0 amide bonds. The molecule has 1 fully saturated rings. The molecule has 2 aromatic rings. The van der Waals surface area contributed by atoms with Crippen LogP contribution >= 0.6 is 11.3 Å². The maximum Gasteiger partial charge on any atom is 0.190 e. The molecule has 106 valence electrons. The number of thiazole rings is 1. The summed E-state index contributed by atoms with van der Waals surface area (Å²) >= 11 is 1.53. The van der Waals surface area contributed by atoms with E-state index < -0.39 is 0 Å². The summed E-state index contributed by atoms with van der Waals surface area (Å²) in [5.74, 6) is 1.56. The van der Waals surface area contributed by atoms with Gasteiger partial charge in [-0.05, 0) is 13.1 Å². The van der Waals surface area contributed by atoms with Gasteiger partial charge in [0.05, 0.1) is 12.6 Å². The number of aliphatic hydroxyl groups is 1. The molecule has 1 N–H and O–H groups in total. The Morgan fingerprint density at radius 2 is 2.25 bits per heavy atom. The van der Waals surface area contributed by atoms with Crippen LogP contribution < -0.4 is 4.90 Å². The Morgan fingerprint density at radius 1 is 1.35 bits per heavy atom. The van der Waals surface area contributed by atoms with Gasteiger partial charge in [0.2, 0.25) is 0 Å². The van der Waals surface area contributed by atoms with E-state index in [1.54, 1.807) is 12.4 Å². The highest BCUT2D eigenvalue weighted by molar-refractivity contribution is 7.12. The van der Waals surface area contributed by atoms with E-state index in [4.69, 9.17) is 0 Å². The van der Waals surface area contributed by atoms with E-state index in [0.29, 0.717) is 5.82 Å². The van der Waals surface area contributed by atoms with E-state index in [1.807, 2.05) is 18.5 Å². The van der Waals surface area contributed by atoms with Crippen molar-refractivity contribution < 1.29 is 5.11 Å². The van der Waals surface area contributed by atoms with Gasteiger partial charge in [0, 0.05) is 37.4 Å². The first-order chi connectivity index (χ1) is 9.78. The van der Waals surface area contributed by atoms with Crippen LogP contribution in [0.1, 0.15) is 0 Å². The van der Waals surface area contributed by atoms with Crippen molar-refractivity contribution in [2.75, 3.05) is 38.2 Å². The smallest absolute Gasteiger partial charge is 0.190 e. The summed E-state index contributed by atoms with van der Waals surface area (Å²) in [5, 5.41) is 12.2. The van der Waals surface area contributed by atoms with E-state index in [1.165, 1.54) is 11.3 Å². The van der Waals surface area contributed by atoms with Gasteiger partial charge < -0.3 is 10.0 Å². The Kier molecular flexibility index (Phi) is 3.90. The Morgan fingerprint density at radius 3 is 3.00 bits per heavy atom. The van der Waals surface area contributed by atoms with Crippen LogP contribution in [0.25, 0.3) is 10.8 Å². The molecule has 2 aromatic heterocycles. The number of piperazine rings is 1. The average molecular weight is 291 g/mol. The summed E-state index contributed by atoms with van der Waals surface area (Å²) in [6.07, 6.45) is 3.53. The van der Waals surface area contributed by atoms with Gasteiger partial charge in [-0.15, -0.1) is 11.3 Å². The summed E-state index contributed by atoms with van der Waals surface area (Å²) in [6.45, 7) is 2.77. The van der Waals surface area contributed by atoms with Crippen molar-refractivity contribution in [3.63, 3.8) is 0 Å². The molecule has 7 heteroatoms. The highest BCUT2D eigenvalue weighted by Gasteiger charge is 2.24. The number of hydrogen-bond acceptors (Lipinski definition) is 7. The molecule has 0 spiro atoms. The lowest BCUT2D eigenvalue weighted by atomic mass is 10.2. The second-order valence-electron chi connectivity index (χ2n) is 4.84. The largest absolute Gasteiger partial charge is 0.395 e. The summed E-state index contributed by atoms with van der Waals surface area (Å²) < 4.78 is 0. The number of anilines is 1. The molecule has 1 aliphatic heterocycles. The molecule has 20 heavy (non-hydrogen) atoms. The topological polar surface area (TPSA) is 65.4 Å². The quantitative estimate of drug-likeness (QED) is 0.898. The summed E-state index contributed by atoms with van der Waals surface area (Å²) in [7, 11) is 2.04. The second kappa shape index (κ2) is 5.82. The third kappa shape index (κ3) is 2.65. The fraction of sp³-hybridized carbons (Fsp3) is 0.462. The monoisotopic (exact) mass is 291 g/mol. The summed E-state index contributed by atoms with van der Waals surface area (Å²) in [4.78, 5) is 17.5. The van der Waals surface area contributed by atoms with Gasteiger partial charge in [-0.1, -0.05) is 0 Å². The Labute approximate surface area is 121 Å². The molecule has 0 bridgehead atoms. The van der Waals surface area contributed by atoms with E-state index in [0.717, 1.165) is 30.5 Å². The number of aromatic nitrogens is 3. The fourth-order valence-electron chi connectivity index (χ4n) is 2.31. The lowest BCUT2D eigenvalue weighted by Gasteiger charge is -2.39. The van der Waals surface area contributed by atoms with Gasteiger partial charge in [0.1, 0.15) is 5.82 Å². The zero-order chi connectivity index (χ0) is 13.9. The van der Waals surface area contributed by atoms with Crippen molar-refractivity contribution in [2.45, 2.75) is 6.04 Å². The standard InChI is InChI=1S/C13H17N5OS/c1-17-5-6-18(8-10(17)9-19)11-2-3-14-12(16-11)13-15-4-7-20-13/h2-4,7,10,19H,5-6,8-9H2,1H3. The normalized spacial score (nSPS) is 20.3. The molecule has 1 saturated heterocycles. The number of nitrogens with zero attached hydrogens (tertiary/aromatic N) is 5. The van der Waals surface area contributed by atoms with Crippen LogP contribution in [0.15, 0.2) is 23.8 Å². The predicted octanol–water partition coefficient (Wildman–Crippen LogP) is 0.713. The summed E-state index contributed by atoms with van der Waals surface area (Å²) in [5.41, 5.74) is 0. The highest BCUT2D eigenvalue weighted by Crippen LogP contribution is 2.21. The number of hydrogen-bond donors (Lipinski definition) is 1. The molecule has 6 nitrogen and oxygen atoms in total. The molecule has 0 saturated carbocycles. The van der Waals surface area contributed by atoms with Gasteiger partial charge in [0.25, 0.3) is 0 Å². The van der Waals surface area contributed by atoms with Crippen LogP contribution in [0, 0.1) is 0 Å². The van der Waals surface area contributed by atoms with Crippen molar-refractivity contribution >= 4 is 17.2 Å². The average Bonchev–Trinajstić information content (AvgIpc) is 3.02. The first-order valence-electron chi connectivity index (χ1n) is 6.57. The molecule has 3 heterocycles. The van der Waals surface area contributed by atoms with Crippen molar-refractivity contribution in [3.8, 4) is 10.8 Å². The van der Waals surface area contributed by atoms with E-state index >= 15 is 0 Å². The van der Waals surface area contributed by atoms with Crippen LogP contribution in [0.3, 0.4) is 0 Å². The van der Waals surface area contributed by atoms with Crippen LogP contribution in [0.4, 0.5) is 5.82 Å². The fourth-order valence-corrected chi connectivity index (χ4v) is 2.89. The first-order valence-corrected chi connectivity index (χ1v) is 7.45. The molecular weight excluding hydrogens is 274 g/mol. The molecule has 1 aliphatic rings. The van der Waals surface area contributed by atoms with E-state index in [-0.39, 0.29) is 12.6 Å². The van der Waals surface area contributed by atoms with E-state index in [2.05, 4.69) is 24.8 Å². The third-order valence-electron chi connectivity index (χ3n) is 3.58. The lowest BCUT2D eigenvalue weighted by molar-refractivity contribution is 0.135. The molecule has 0 aromatic carbocycles. The maximum atomic E-state index is 9.42.